The second-order valence-corrected chi connectivity index (χ2v) is 6.59. The van der Waals surface area contributed by atoms with Crippen LogP contribution in [0.3, 0.4) is 0 Å². The predicted octanol–water partition coefficient (Wildman–Crippen LogP) is 2.58. The minimum absolute atomic E-state index is 0.355. The molecule has 5 nitrogen and oxygen atoms in total. The molecule has 0 fully saturated rings. The molecule has 0 aromatic heterocycles. The first-order valence-electron chi connectivity index (χ1n) is 7.72. The third-order valence-corrected chi connectivity index (χ3v) is 3.60. The van der Waals surface area contributed by atoms with Crippen molar-refractivity contribution < 1.29 is 14.3 Å². The Hall–Kier alpha value is -1.75. The zero-order chi connectivity index (χ0) is 16.2. The molecule has 0 radical (unpaired) electrons. The van der Waals surface area contributed by atoms with E-state index in [1.807, 2.05) is 26.8 Å². The van der Waals surface area contributed by atoms with Crippen molar-refractivity contribution in [1.82, 2.24) is 10.2 Å². The number of nitrogens with zero attached hydrogens (tertiary/aromatic N) is 1. The van der Waals surface area contributed by atoms with Crippen LogP contribution in [0.2, 0.25) is 0 Å². The molecule has 0 aliphatic carbocycles. The minimum Gasteiger partial charge on any atom is -0.497 e. The zero-order valence-electron chi connectivity index (χ0n) is 13.9. The molecule has 0 saturated heterocycles. The maximum atomic E-state index is 11.6. The third-order valence-electron chi connectivity index (χ3n) is 3.60. The Morgan fingerprint density at radius 2 is 2.09 bits per heavy atom. The van der Waals surface area contributed by atoms with Gasteiger partial charge in [0, 0.05) is 26.2 Å². The third kappa shape index (κ3) is 4.91. The van der Waals surface area contributed by atoms with Crippen LogP contribution in [0.15, 0.2) is 18.2 Å². The number of carbonyl (C=O) groups is 1. The molecule has 1 heterocycles. The Bertz CT molecular complexity index is 523. The molecule has 1 aromatic rings. The molecule has 0 atom stereocenters. The largest absolute Gasteiger partial charge is 0.497 e. The lowest BCUT2D eigenvalue weighted by Crippen LogP contribution is -2.39. The Morgan fingerprint density at radius 1 is 1.32 bits per heavy atom. The first kappa shape index (κ1) is 16.6. The number of nitrogens with one attached hydrogen (secondary N) is 1. The minimum atomic E-state index is -0.454. The van der Waals surface area contributed by atoms with Crippen LogP contribution in [0.4, 0.5) is 4.79 Å². The maximum absolute atomic E-state index is 11.6. The average Bonchev–Trinajstić information content (AvgIpc) is 2.44. The van der Waals surface area contributed by atoms with Crippen LogP contribution in [-0.4, -0.2) is 43.3 Å². The number of carbonyl (C=O) groups excluding carboxylic acids is 1. The highest BCUT2D eigenvalue weighted by molar-refractivity contribution is 5.67. The van der Waals surface area contributed by atoms with Crippen molar-refractivity contribution in [1.29, 1.82) is 0 Å². The number of amides is 1. The van der Waals surface area contributed by atoms with Crippen LogP contribution < -0.4 is 10.1 Å². The molecule has 1 aliphatic rings. The molecular weight excluding hydrogens is 280 g/mol. The summed E-state index contributed by atoms with van der Waals surface area (Å²) in [6.07, 6.45) is 0.678. The van der Waals surface area contributed by atoms with Gasteiger partial charge in [-0.1, -0.05) is 6.07 Å². The van der Waals surface area contributed by atoms with E-state index in [9.17, 15) is 4.79 Å². The van der Waals surface area contributed by atoms with Gasteiger partial charge in [0.15, 0.2) is 0 Å². The average molecular weight is 306 g/mol. The van der Waals surface area contributed by atoms with E-state index in [4.69, 9.17) is 9.47 Å². The molecule has 1 N–H and O–H groups in total. The number of hydrogen-bond donors (Lipinski definition) is 1. The van der Waals surface area contributed by atoms with Crippen LogP contribution in [0.25, 0.3) is 0 Å². The molecule has 0 saturated carbocycles. The topological polar surface area (TPSA) is 50.8 Å². The van der Waals surface area contributed by atoms with Crippen LogP contribution >= 0.6 is 0 Å². The summed E-state index contributed by atoms with van der Waals surface area (Å²) in [6.45, 7) is 8.90. The first-order valence-corrected chi connectivity index (χ1v) is 7.72. The molecular formula is C17H26N2O3. The summed E-state index contributed by atoms with van der Waals surface area (Å²) in [5.74, 6) is 0.896. The lowest BCUT2D eigenvalue weighted by molar-refractivity contribution is 0.0521. The van der Waals surface area contributed by atoms with Crippen molar-refractivity contribution in [3.63, 3.8) is 0 Å². The fraction of sp³-hybridized carbons (Fsp3) is 0.588. The molecule has 0 unspecified atom stereocenters. The number of alkyl carbamates (subject to hydrolysis) is 1. The van der Waals surface area contributed by atoms with Crippen LogP contribution in [0.5, 0.6) is 5.75 Å². The van der Waals surface area contributed by atoms with E-state index in [1.54, 1.807) is 7.11 Å². The summed E-state index contributed by atoms with van der Waals surface area (Å²) >= 11 is 0. The summed E-state index contributed by atoms with van der Waals surface area (Å²) in [5, 5.41) is 2.81. The fourth-order valence-corrected chi connectivity index (χ4v) is 2.54. The maximum Gasteiger partial charge on any atom is 0.407 e. The number of hydrogen-bond acceptors (Lipinski definition) is 4. The number of rotatable bonds is 4. The monoisotopic (exact) mass is 306 g/mol. The Labute approximate surface area is 132 Å². The van der Waals surface area contributed by atoms with Gasteiger partial charge in [-0.2, -0.15) is 0 Å². The Kier molecular flexibility index (Phi) is 5.29. The van der Waals surface area contributed by atoms with Gasteiger partial charge < -0.3 is 14.8 Å². The summed E-state index contributed by atoms with van der Waals surface area (Å²) in [6, 6.07) is 6.26. The van der Waals surface area contributed by atoms with Crippen molar-refractivity contribution >= 4 is 6.09 Å². The van der Waals surface area contributed by atoms with Gasteiger partial charge in [-0.15, -0.1) is 0 Å². The molecule has 0 spiro atoms. The van der Waals surface area contributed by atoms with Gasteiger partial charge in [0.05, 0.1) is 7.11 Å². The highest BCUT2D eigenvalue weighted by Gasteiger charge is 2.18. The fourth-order valence-electron chi connectivity index (χ4n) is 2.54. The number of benzene rings is 1. The van der Waals surface area contributed by atoms with E-state index in [1.165, 1.54) is 11.1 Å². The normalized spacial score (nSPS) is 15.1. The number of methoxy groups -OCH3 is 1. The van der Waals surface area contributed by atoms with Crippen molar-refractivity contribution in [3.8, 4) is 5.75 Å². The smallest absolute Gasteiger partial charge is 0.407 e. The molecule has 122 valence electrons. The summed E-state index contributed by atoms with van der Waals surface area (Å²) in [4.78, 5) is 13.9. The van der Waals surface area contributed by atoms with Crippen molar-refractivity contribution in [3.05, 3.63) is 29.3 Å². The molecule has 1 amide bonds. The van der Waals surface area contributed by atoms with Gasteiger partial charge in [0.1, 0.15) is 11.4 Å². The Balaban J connectivity index is 1.79. The van der Waals surface area contributed by atoms with Gasteiger partial charge in [0.25, 0.3) is 0 Å². The van der Waals surface area contributed by atoms with Gasteiger partial charge in [0.2, 0.25) is 0 Å². The highest BCUT2D eigenvalue weighted by Crippen LogP contribution is 2.23. The molecule has 1 aromatic carbocycles. The van der Waals surface area contributed by atoms with Crippen molar-refractivity contribution in [2.45, 2.75) is 39.3 Å². The standard InChI is InChI=1S/C17H26N2O3/c1-17(2,3)22-16(20)18-8-10-19-9-7-13-5-6-15(21-4)11-14(13)12-19/h5-6,11H,7-10,12H2,1-4H3,(H,18,20). The summed E-state index contributed by atoms with van der Waals surface area (Å²) < 4.78 is 10.5. The van der Waals surface area contributed by atoms with Gasteiger partial charge in [-0.05, 0) is 50.5 Å². The highest BCUT2D eigenvalue weighted by atomic mass is 16.6. The Morgan fingerprint density at radius 3 is 2.77 bits per heavy atom. The quantitative estimate of drug-likeness (QED) is 0.929. The van der Waals surface area contributed by atoms with Crippen LogP contribution in [-0.2, 0) is 17.7 Å². The second-order valence-electron chi connectivity index (χ2n) is 6.59. The lowest BCUT2D eigenvalue weighted by Gasteiger charge is -2.29. The van der Waals surface area contributed by atoms with Crippen LogP contribution in [0.1, 0.15) is 31.9 Å². The van der Waals surface area contributed by atoms with Gasteiger partial charge >= 0.3 is 6.09 Å². The van der Waals surface area contributed by atoms with Crippen molar-refractivity contribution in [2.75, 3.05) is 26.7 Å². The SMILES string of the molecule is COc1ccc2c(c1)CN(CCNC(=O)OC(C)(C)C)CC2. The van der Waals surface area contributed by atoms with E-state index in [0.29, 0.717) is 6.54 Å². The van der Waals surface area contributed by atoms with E-state index in [2.05, 4.69) is 22.3 Å². The first-order chi connectivity index (χ1) is 10.4. The number of fused-ring (bicyclic) bond motifs is 1. The lowest BCUT2D eigenvalue weighted by atomic mass is 9.99. The van der Waals surface area contributed by atoms with E-state index < -0.39 is 5.60 Å². The molecule has 0 bridgehead atoms. The van der Waals surface area contributed by atoms with Gasteiger partial charge in [-0.3, -0.25) is 4.90 Å². The van der Waals surface area contributed by atoms with E-state index in [-0.39, 0.29) is 6.09 Å². The summed E-state index contributed by atoms with van der Waals surface area (Å²) in [7, 11) is 1.69. The van der Waals surface area contributed by atoms with E-state index in [0.717, 1.165) is 31.8 Å². The molecule has 1 aliphatic heterocycles. The molecule has 2 rings (SSSR count). The number of ether oxygens (including phenoxy) is 2. The molecule has 5 heteroatoms. The van der Waals surface area contributed by atoms with Crippen molar-refractivity contribution in [2.24, 2.45) is 0 Å². The van der Waals surface area contributed by atoms with Gasteiger partial charge in [-0.25, -0.2) is 4.79 Å². The molecule has 22 heavy (non-hydrogen) atoms. The van der Waals surface area contributed by atoms with Crippen LogP contribution in [0, 0.1) is 0 Å². The summed E-state index contributed by atoms with van der Waals surface area (Å²) in [5.41, 5.74) is 2.24. The predicted molar refractivity (Wildman–Crippen MR) is 86.2 cm³/mol. The second kappa shape index (κ2) is 7.01. The zero-order valence-corrected chi connectivity index (χ0v) is 13.9. The van der Waals surface area contributed by atoms with E-state index >= 15 is 0 Å².